The quantitative estimate of drug-likeness (QED) is 0.510. The van der Waals surface area contributed by atoms with Gasteiger partial charge in [-0.3, -0.25) is 4.79 Å². The van der Waals surface area contributed by atoms with Crippen molar-refractivity contribution >= 4 is 5.91 Å². The molecular weight excluding hydrogens is 186 g/mol. The Balaban J connectivity index is 3.76. The zero-order valence-corrected chi connectivity index (χ0v) is 8.61. The van der Waals surface area contributed by atoms with Gasteiger partial charge in [-0.1, -0.05) is 0 Å². The van der Waals surface area contributed by atoms with Crippen LogP contribution in [0.25, 0.3) is 0 Å². The molecule has 0 aromatic rings. The van der Waals surface area contributed by atoms with Crippen molar-refractivity contribution in [1.29, 1.82) is 0 Å². The number of carbonyl (C=O) groups is 1. The minimum absolute atomic E-state index is 0.0830. The first-order valence-electron chi connectivity index (χ1n) is 4.83. The maximum absolute atomic E-state index is 11.4. The lowest BCUT2D eigenvalue weighted by molar-refractivity contribution is -0.133. The molecule has 2 N–H and O–H groups in total. The number of aliphatic hydroxyl groups is 2. The average molecular weight is 205 g/mol. The van der Waals surface area contributed by atoms with E-state index in [4.69, 9.17) is 14.9 Å². The second kappa shape index (κ2) is 8.93. The van der Waals surface area contributed by atoms with Gasteiger partial charge in [0, 0.05) is 19.7 Å². The molecule has 0 aromatic heterocycles. The molecule has 5 heteroatoms. The van der Waals surface area contributed by atoms with Crippen LogP contribution in [0.15, 0.2) is 0 Å². The smallest absolute Gasteiger partial charge is 0.225 e. The Hall–Kier alpha value is -0.650. The minimum atomic E-state index is -0.0958. The van der Waals surface area contributed by atoms with Crippen molar-refractivity contribution in [2.24, 2.45) is 0 Å². The van der Waals surface area contributed by atoms with Crippen LogP contribution < -0.4 is 0 Å². The molecule has 0 aromatic carbocycles. The molecule has 1 amide bonds. The van der Waals surface area contributed by atoms with Crippen molar-refractivity contribution in [3.8, 4) is 0 Å². The molecule has 0 fully saturated rings. The van der Waals surface area contributed by atoms with Crippen LogP contribution in [-0.2, 0) is 9.53 Å². The Bertz CT molecular complexity index is 146. The van der Waals surface area contributed by atoms with Gasteiger partial charge in [-0.2, -0.15) is 0 Å². The highest BCUT2D eigenvalue weighted by Gasteiger charge is 2.11. The zero-order valence-electron chi connectivity index (χ0n) is 8.61. The van der Waals surface area contributed by atoms with Crippen molar-refractivity contribution in [1.82, 2.24) is 4.90 Å². The van der Waals surface area contributed by atoms with E-state index in [0.717, 1.165) is 0 Å². The van der Waals surface area contributed by atoms with Crippen LogP contribution in [0.4, 0.5) is 0 Å². The molecule has 0 bridgehead atoms. The molecule has 0 saturated carbocycles. The molecule has 0 aliphatic carbocycles. The summed E-state index contributed by atoms with van der Waals surface area (Å²) in [5.41, 5.74) is 0. The molecule has 0 rings (SSSR count). The Kier molecular flexibility index (Phi) is 8.51. The molecule has 0 heterocycles. The summed E-state index contributed by atoms with van der Waals surface area (Å²) in [4.78, 5) is 12.9. The standard InChI is InChI=1S/C9H19NO4/c1-2-14-8-3-9(13)10(4-6-11)5-7-12/h11-12H,2-8H2,1H3. The molecule has 0 aliphatic heterocycles. The third-order valence-corrected chi connectivity index (χ3v) is 1.76. The van der Waals surface area contributed by atoms with E-state index >= 15 is 0 Å². The van der Waals surface area contributed by atoms with Gasteiger partial charge in [-0.05, 0) is 6.92 Å². The number of aliphatic hydroxyl groups excluding tert-OH is 2. The average Bonchev–Trinajstić information content (AvgIpc) is 2.18. The van der Waals surface area contributed by atoms with E-state index in [2.05, 4.69) is 0 Å². The van der Waals surface area contributed by atoms with Crippen LogP contribution in [0.1, 0.15) is 13.3 Å². The Morgan fingerprint density at radius 1 is 1.29 bits per heavy atom. The largest absolute Gasteiger partial charge is 0.395 e. The van der Waals surface area contributed by atoms with Crippen LogP contribution in [0.3, 0.4) is 0 Å². The molecule has 84 valence electrons. The van der Waals surface area contributed by atoms with Crippen molar-refractivity contribution in [2.45, 2.75) is 13.3 Å². The van der Waals surface area contributed by atoms with Crippen molar-refractivity contribution in [3.63, 3.8) is 0 Å². The third-order valence-electron chi connectivity index (χ3n) is 1.76. The lowest BCUT2D eigenvalue weighted by Gasteiger charge is -2.20. The molecule has 14 heavy (non-hydrogen) atoms. The summed E-state index contributed by atoms with van der Waals surface area (Å²) in [6, 6.07) is 0. The van der Waals surface area contributed by atoms with E-state index in [9.17, 15) is 4.79 Å². The van der Waals surface area contributed by atoms with Crippen molar-refractivity contribution in [3.05, 3.63) is 0 Å². The van der Waals surface area contributed by atoms with Crippen molar-refractivity contribution < 1.29 is 19.7 Å². The van der Waals surface area contributed by atoms with E-state index in [1.165, 1.54) is 4.90 Å². The molecule has 0 atom stereocenters. The molecule has 0 saturated heterocycles. The van der Waals surface area contributed by atoms with Gasteiger partial charge in [0.1, 0.15) is 0 Å². The maximum atomic E-state index is 11.4. The van der Waals surface area contributed by atoms with Crippen molar-refractivity contribution in [2.75, 3.05) is 39.5 Å². The second-order valence-electron chi connectivity index (χ2n) is 2.77. The summed E-state index contributed by atoms with van der Waals surface area (Å²) >= 11 is 0. The van der Waals surface area contributed by atoms with Gasteiger partial charge >= 0.3 is 0 Å². The van der Waals surface area contributed by atoms with E-state index < -0.39 is 0 Å². The Labute approximate surface area is 84.3 Å². The van der Waals surface area contributed by atoms with Gasteiger partial charge in [-0.15, -0.1) is 0 Å². The monoisotopic (exact) mass is 205 g/mol. The summed E-state index contributed by atoms with van der Waals surface area (Å²) in [6.45, 7) is 3.22. The van der Waals surface area contributed by atoms with Gasteiger partial charge in [0.25, 0.3) is 0 Å². The predicted octanol–water partition coefficient (Wildman–Crippen LogP) is -0.774. The number of ether oxygens (including phenoxy) is 1. The predicted molar refractivity (Wildman–Crippen MR) is 51.9 cm³/mol. The van der Waals surface area contributed by atoms with E-state index in [0.29, 0.717) is 19.6 Å². The van der Waals surface area contributed by atoms with E-state index in [1.54, 1.807) is 0 Å². The topological polar surface area (TPSA) is 70.0 Å². The molecular formula is C9H19NO4. The van der Waals surface area contributed by atoms with E-state index in [-0.39, 0.29) is 32.2 Å². The maximum Gasteiger partial charge on any atom is 0.225 e. The second-order valence-corrected chi connectivity index (χ2v) is 2.77. The molecule has 0 spiro atoms. The summed E-state index contributed by atoms with van der Waals surface area (Å²) in [5.74, 6) is -0.0958. The molecule has 0 aliphatic rings. The minimum Gasteiger partial charge on any atom is -0.395 e. The van der Waals surface area contributed by atoms with Gasteiger partial charge < -0.3 is 19.8 Å². The van der Waals surface area contributed by atoms with Crippen LogP contribution in [0.2, 0.25) is 0 Å². The zero-order chi connectivity index (χ0) is 10.8. The number of hydrogen-bond donors (Lipinski definition) is 2. The van der Waals surface area contributed by atoms with Gasteiger partial charge in [0.15, 0.2) is 0 Å². The van der Waals surface area contributed by atoms with Crippen LogP contribution in [-0.4, -0.2) is 60.5 Å². The van der Waals surface area contributed by atoms with Gasteiger partial charge in [-0.25, -0.2) is 0 Å². The van der Waals surface area contributed by atoms with Gasteiger partial charge in [0.05, 0.1) is 26.2 Å². The fourth-order valence-electron chi connectivity index (χ4n) is 1.06. The van der Waals surface area contributed by atoms with Crippen LogP contribution in [0.5, 0.6) is 0 Å². The number of rotatable bonds is 8. The highest BCUT2D eigenvalue weighted by molar-refractivity contribution is 5.76. The van der Waals surface area contributed by atoms with Crippen LogP contribution >= 0.6 is 0 Å². The number of amides is 1. The fraction of sp³-hybridized carbons (Fsp3) is 0.889. The number of nitrogens with zero attached hydrogens (tertiary/aromatic N) is 1. The first-order chi connectivity index (χ1) is 6.76. The Morgan fingerprint density at radius 3 is 2.29 bits per heavy atom. The summed E-state index contributed by atoms with van der Waals surface area (Å²) in [5, 5.41) is 17.4. The lowest BCUT2D eigenvalue weighted by atomic mass is 10.3. The highest BCUT2D eigenvalue weighted by Crippen LogP contribution is 1.94. The highest BCUT2D eigenvalue weighted by atomic mass is 16.5. The third kappa shape index (κ3) is 5.90. The lowest BCUT2D eigenvalue weighted by Crippen LogP contribution is -2.36. The first kappa shape index (κ1) is 13.4. The Morgan fingerprint density at radius 2 is 1.86 bits per heavy atom. The SMILES string of the molecule is CCOCCC(=O)N(CCO)CCO. The fourth-order valence-corrected chi connectivity index (χ4v) is 1.06. The summed E-state index contributed by atoms with van der Waals surface area (Å²) in [7, 11) is 0. The molecule has 5 nitrogen and oxygen atoms in total. The van der Waals surface area contributed by atoms with Crippen LogP contribution in [0, 0.1) is 0 Å². The summed E-state index contributed by atoms with van der Waals surface area (Å²) in [6.07, 6.45) is 0.299. The first-order valence-corrected chi connectivity index (χ1v) is 4.83. The van der Waals surface area contributed by atoms with E-state index in [1.807, 2.05) is 6.92 Å². The number of carbonyl (C=O) groups excluding carboxylic acids is 1. The summed E-state index contributed by atoms with van der Waals surface area (Å²) < 4.78 is 5.04. The van der Waals surface area contributed by atoms with Gasteiger partial charge in [0.2, 0.25) is 5.91 Å². The molecule has 0 radical (unpaired) electrons. The normalized spacial score (nSPS) is 10.2. The number of hydrogen-bond acceptors (Lipinski definition) is 4. The molecule has 0 unspecified atom stereocenters.